The minimum Gasteiger partial charge on any atom is -0.481 e. The first kappa shape index (κ1) is 8.03. The molecule has 2 nitrogen and oxygen atoms in total. The molecule has 50 valence electrons. The summed E-state index contributed by atoms with van der Waals surface area (Å²) in [5, 5.41) is 8.24. The molecule has 0 rings (SSSR count). The standard InChI is InChI=1S/C7H10O2/c1-3-4-6(2)5-7(8)9/h1,6H,4-5H2,2H3,(H,8,9)/t6-/m0/s1. The van der Waals surface area contributed by atoms with E-state index in [9.17, 15) is 4.79 Å². The zero-order chi connectivity index (χ0) is 7.28. The van der Waals surface area contributed by atoms with Gasteiger partial charge in [-0.1, -0.05) is 6.92 Å². The van der Waals surface area contributed by atoms with E-state index in [0.717, 1.165) is 0 Å². The van der Waals surface area contributed by atoms with E-state index in [1.807, 2.05) is 6.92 Å². The summed E-state index contributed by atoms with van der Waals surface area (Å²) in [6, 6.07) is 0. The molecule has 2 heteroatoms. The lowest BCUT2D eigenvalue weighted by molar-refractivity contribution is -0.137. The molecule has 0 amide bonds. The van der Waals surface area contributed by atoms with Crippen LogP contribution in [0.15, 0.2) is 0 Å². The van der Waals surface area contributed by atoms with Crippen molar-refractivity contribution in [1.82, 2.24) is 0 Å². The second-order valence-corrected chi connectivity index (χ2v) is 2.11. The van der Waals surface area contributed by atoms with Gasteiger partial charge in [-0.2, -0.15) is 0 Å². The van der Waals surface area contributed by atoms with Crippen LogP contribution in [-0.2, 0) is 4.79 Å². The smallest absolute Gasteiger partial charge is 0.303 e. The van der Waals surface area contributed by atoms with Crippen LogP contribution in [0.3, 0.4) is 0 Å². The molecule has 9 heavy (non-hydrogen) atoms. The van der Waals surface area contributed by atoms with E-state index in [0.29, 0.717) is 6.42 Å². The van der Waals surface area contributed by atoms with Crippen molar-refractivity contribution in [2.45, 2.75) is 19.8 Å². The van der Waals surface area contributed by atoms with Crippen molar-refractivity contribution in [2.24, 2.45) is 5.92 Å². The average Bonchev–Trinajstić information content (AvgIpc) is 1.63. The molecule has 0 aromatic rings. The summed E-state index contributed by atoms with van der Waals surface area (Å²) in [6.45, 7) is 1.83. The largest absolute Gasteiger partial charge is 0.481 e. The monoisotopic (exact) mass is 126 g/mol. The highest BCUT2D eigenvalue weighted by atomic mass is 16.4. The van der Waals surface area contributed by atoms with Gasteiger partial charge >= 0.3 is 5.97 Å². The first-order chi connectivity index (χ1) is 4.16. The third kappa shape index (κ3) is 4.89. The molecule has 0 saturated carbocycles. The number of carbonyl (C=O) groups is 1. The molecule has 0 fully saturated rings. The number of hydrogen-bond donors (Lipinski definition) is 1. The van der Waals surface area contributed by atoms with Crippen molar-refractivity contribution in [1.29, 1.82) is 0 Å². The van der Waals surface area contributed by atoms with Gasteiger partial charge in [0.15, 0.2) is 0 Å². The van der Waals surface area contributed by atoms with E-state index in [-0.39, 0.29) is 12.3 Å². The van der Waals surface area contributed by atoms with E-state index in [2.05, 4.69) is 5.92 Å². The summed E-state index contributed by atoms with van der Waals surface area (Å²) < 4.78 is 0. The Kier molecular flexibility index (Phi) is 3.54. The van der Waals surface area contributed by atoms with E-state index in [1.54, 1.807) is 0 Å². The number of rotatable bonds is 3. The molecule has 0 unspecified atom stereocenters. The maximum Gasteiger partial charge on any atom is 0.303 e. The van der Waals surface area contributed by atoms with E-state index in [1.165, 1.54) is 0 Å². The number of carboxylic acid groups (broad SMARTS) is 1. The van der Waals surface area contributed by atoms with Gasteiger partial charge < -0.3 is 5.11 Å². The van der Waals surface area contributed by atoms with Crippen LogP contribution < -0.4 is 0 Å². The molecular formula is C7H10O2. The van der Waals surface area contributed by atoms with Crippen molar-refractivity contribution in [2.75, 3.05) is 0 Å². The van der Waals surface area contributed by atoms with Gasteiger partial charge in [-0.25, -0.2) is 0 Å². The van der Waals surface area contributed by atoms with Crippen LogP contribution in [0.5, 0.6) is 0 Å². The highest BCUT2D eigenvalue weighted by Crippen LogP contribution is 2.04. The number of carboxylic acids is 1. The second-order valence-electron chi connectivity index (χ2n) is 2.11. The summed E-state index contributed by atoms with van der Waals surface area (Å²) in [5.41, 5.74) is 0. The molecule has 0 radical (unpaired) electrons. The minimum absolute atomic E-state index is 0.104. The van der Waals surface area contributed by atoms with Crippen LogP contribution in [0.25, 0.3) is 0 Å². The van der Waals surface area contributed by atoms with Gasteiger partial charge in [0.1, 0.15) is 0 Å². The van der Waals surface area contributed by atoms with Crippen LogP contribution in [0.2, 0.25) is 0 Å². The number of aliphatic carboxylic acids is 1. The second kappa shape index (κ2) is 3.96. The van der Waals surface area contributed by atoms with Crippen LogP contribution in [0.1, 0.15) is 19.8 Å². The lowest BCUT2D eigenvalue weighted by atomic mass is 10.1. The Hall–Kier alpha value is -0.970. The SMILES string of the molecule is C#CC[C@H](C)CC(=O)O. The van der Waals surface area contributed by atoms with Crippen molar-refractivity contribution in [3.63, 3.8) is 0 Å². The highest BCUT2D eigenvalue weighted by Gasteiger charge is 2.04. The topological polar surface area (TPSA) is 37.3 Å². The zero-order valence-electron chi connectivity index (χ0n) is 5.42. The van der Waals surface area contributed by atoms with Gasteiger partial charge in [-0.3, -0.25) is 4.79 Å². The Balaban J connectivity index is 3.40. The maximum atomic E-state index is 10.0. The molecule has 0 aliphatic rings. The Morgan fingerprint density at radius 1 is 1.89 bits per heavy atom. The van der Waals surface area contributed by atoms with E-state index < -0.39 is 5.97 Å². The van der Waals surface area contributed by atoms with Gasteiger partial charge in [0.2, 0.25) is 0 Å². The Labute approximate surface area is 54.9 Å². The van der Waals surface area contributed by atoms with Crippen molar-refractivity contribution in [3.05, 3.63) is 0 Å². The minimum atomic E-state index is -0.780. The summed E-state index contributed by atoms with van der Waals surface area (Å²) in [7, 11) is 0. The number of hydrogen-bond acceptors (Lipinski definition) is 1. The van der Waals surface area contributed by atoms with Gasteiger partial charge in [0.25, 0.3) is 0 Å². The summed E-state index contributed by atoms with van der Waals surface area (Å²) in [5.74, 6) is 1.73. The van der Waals surface area contributed by atoms with E-state index in [4.69, 9.17) is 11.5 Å². The average molecular weight is 126 g/mol. The Morgan fingerprint density at radius 2 is 2.44 bits per heavy atom. The molecule has 0 spiro atoms. The fraction of sp³-hybridized carbons (Fsp3) is 0.571. The van der Waals surface area contributed by atoms with Crippen molar-refractivity contribution >= 4 is 5.97 Å². The molecule has 0 aromatic carbocycles. The summed E-state index contributed by atoms with van der Waals surface area (Å²) in [4.78, 5) is 10.0. The summed E-state index contributed by atoms with van der Waals surface area (Å²) in [6.07, 6.45) is 5.68. The third-order valence-corrected chi connectivity index (χ3v) is 0.989. The van der Waals surface area contributed by atoms with Gasteiger partial charge in [0, 0.05) is 12.8 Å². The molecule has 0 aliphatic carbocycles. The van der Waals surface area contributed by atoms with Crippen molar-refractivity contribution in [3.8, 4) is 12.3 Å². The molecule has 0 aromatic heterocycles. The molecule has 0 bridgehead atoms. The van der Waals surface area contributed by atoms with Gasteiger partial charge in [0.05, 0.1) is 0 Å². The van der Waals surface area contributed by atoms with Crippen LogP contribution in [0, 0.1) is 18.3 Å². The molecule has 1 N–H and O–H groups in total. The molecule has 0 heterocycles. The van der Waals surface area contributed by atoms with Gasteiger partial charge in [-0.05, 0) is 5.92 Å². The van der Waals surface area contributed by atoms with Crippen molar-refractivity contribution < 1.29 is 9.90 Å². The molecule has 0 aliphatic heterocycles. The Morgan fingerprint density at radius 3 is 2.78 bits per heavy atom. The lowest BCUT2D eigenvalue weighted by Gasteiger charge is -2.00. The van der Waals surface area contributed by atoms with Crippen LogP contribution >= 0.6 is 0 Å². The number of terminal acetylenes is 1. The normalized spacial score (nSPS) is 12.0. The Bertz CT molecular complexity index is 132. The highest BCUT2D eigenvalue weighted by molar-refractivity contribution is 5.66. The fourth-order valence-electron chi connectivity index (χ4n) is 0.571. The van der Waals surface area contributed by atoms with Gasteiger partial charge in [-0.15, -0.1) is 12.3 Å². The maximum absolute atomic E-state index is 10.0. The summed E-state index contributed by atoms with van der Waals surface area (Å²) >= 11 is 0. The molecular weight excluding hydrogens is 116 g/mol. The molecule has 1 atom stereocenters. The zero-order valence-corrected chi connectivity index (χ0v) is 5.42. The predicted molar refractivity (Wildman–Crippen MR) is 34.9 cm³/mol. The molecule has 0 saturated heterocycles. The predicted octanol–water partition coefficient (Wildman–Crippen LogP) is 1.12. The van der Waals surface area contributed by atoms with E-state index >= 15 is 0 Å². The van der Waals surface area contributed by atoms with Crippen LogP contribution in [0.4, 0.5) is 0 Å². The van der Waals surface area contributed by atoms with Crippen LogP contribution in [-0.4, -0.2) is 11.1 Å². The first-order valence-corrected chi connectivity index (χ1v) is 2.82. The lowest BCUT2D eigenvalue weighted by Crippen LogP contribution is -2.02. The first-order valence-electron chi connectivity index (χ1n) is 2.82. The quantitative estimate of drug-likeness (QED) is 0.575. The third-order valence-electron chi connectivity index (χ3n) is 0.989. The fourth-order valence-corrected chi connectivity index (χ4v) is 0.571.